The van der Waals surface area contributed by atoms with Crippen LogP contribution in [0.4, 0.5) is 14.5 Å². The molecule has 1 N–H and O–H groups in total. The highest BCUT2D eigenvalue weighted by Crippen LogP contribution is 2.25. The quantitative estimate of drug-likeness (QED) is 0.728. The second kappa shape index (κ2) is 5.77. The van der Waals surface area contributed by atoms with E-state index in [0.717, 1.165) is 16.3 Å². The number of fused-ring (bicyclic) bond motifs is 1. The van der Waals surface area contributed by atoms with E-state index in [2.05, 4.69) is 26.2 Å². The second-order valence-corrected chi connectivity index (χ2v) is 5.53. The van der Waals surface area contributed by atoms with Crippen molar-refractivity contribution in [3.05, 3.63) is 70.5 Å². The number of nitrogens with one attached hydrogen (secondary N) is 1. The molecule has 21 heavy (non-hydrogen) atoms. The number of pyridine rings is 1. The van der Waals surface area contributed by atoms with Gasteiger partial charge in [-0.2, -0.15) is 0 Å². The fourth-order valence-electron chi connectivity index (χ4n) is 2.21. The molecule has 1 aromatic heterocycles. The van der Waals surface area contributed by atoms with Crippen molar-refractivity contribution in [2.75, 3.05) is 5.32 Å². The minimum Gasteiger partial charge on any atom is -0.376 e. The Morgan fingerprint density at radius 1 is 1.05 bits per heavy atom. The summed E-state index contributed by atoms with van der Waals surface area (Å²) in [6.45, 7) is 0.295. The molecular formula is C16H11BrF2N2. The molecule has 0 fully saturated rings. The summed E-state index contributed by atoms with van der Waals surface area (Å²) in [4.78, 5) is 4.15. The number of hydrogen-bond donors (Lipinski definition) is 1. The van der Waals surface area contributed by atoms with E-state index in [1.54, 1.807) is 12.4 Å². The molecule has 0 radical (unpaired) electrons. The summed E-state index contributed by atoms with van der Waals surface area (Å²) >= 11 is 3.06. The molecule has 0 atom stereocenters. The molecule has 0 amide bonds. The molecule has 0 saturated heterocycles. The van der Waals surface area contributed by atoms with E-state index in [4.69, 9.17) is 0 Å². The Labute approximate surface area is 129 Å². The Bertz CT molecular complexity index is 777. The van der Waals surface area contributed by atoms with Crippen molar-refractivity contribution in [3.63, 3.8) is 0 Å². The van der Waals surface area contributed by atoms with Crippen LogP contribution in [-0.4, -0.2) is 4.98 Å². The van der Waals surface area contributed by atoms with Crippen LogP contribution in [0, 0.1) is 11.6 Å². The third-order valence-electron chi connectivity index (χ3n) is 3.21. The first kappa shape index (κ1) is 13.9. The van der Waals surface area contributed by atoms with Crippen LogP contribution >= 0.6 is 15.9 Å². The Kier molecular flexibility index (Phi) is 3.84. The minimum absolute atomic E-state index is 0.133. The summed E-state index contributed by atoms with van der Waals surface area (Å²) in [5.41, 5.74) is 0.751. The first-order valence-electron chi connectivity index (χ1n) is 6.35. The minimum atomic E-state index is -0.630. The number of nitrogens with zero attached hydrogens (tertiary/aromatic N) is 1. The predicted octanol–water partition coefficient (Wildman–Crippen LogP) is 4.89. The van der Waals surface area contributed by atoms with Crippen molar-refractivity contribution >= 4 is 32.4 Å². The van der Waals surface area contributed by atoms with E-state index >= 15 is 0 Å². The standard InChI is InChI=1S/C16H11BrF2N2/c17-12-5-14(18)16(15(19)6-12)21-9-11-8-20-7-10-3-1-2-4-13(10)11/h1-8,21H,9H2. The lowest BCUT2D eigenvalue weighted by Crippen LogP contribution is -2.05. The second-order valence-electron chi connectivity index (χ2n) is 4.62. The molecule has 0 saturated carbocycles. The molecule has 2 nitrogen and oxygen atoms in total. The highest BCUT2D eigenvalue weighted by Gasteiger charge is 2.10. The highest BCUT2D eigenvalue weighted by molar-refractivity contribution is 9.10. The normalized spacial score (nSPS) is 10.8. The van der Waals surface area contributed by atoms with Gasteiger partial charge in [0.05, 0.1) is 0 Å². The zero-order chi connectivity index (χ0) is 14.8. The zero-order valence-corrected chi connectivity index (χ0v) is 12.5. The van der Waals surface area contributed by atoms with Gasteiger partial charge in [-0.1, -0.05) is 40.2 Å². The zero-order valence-electron chi connectivity index (χ0n) is 10.9. The molecule has 0 unspecified atom stereocenters. The maximum Gasteiger partial charge on any atom is 0.150 e. The van der Waals surface area contributed by atoms with Gasteiger partial charge in [0.15, 0.2) is 0 Å². The van der Waals surface area contributed by atoms with Crippen LogP contribution in [-0.2, 0) is 6.54 Å². The SMILES string of the molecule is Fc1cc(Br)cc(F)c1NCc1cncc2ccccc12. The third kappa shape index (κ3) is 2.88. The lowest BCUT2D eigenvalue weighted by Gasteiger charge is -2.11. The van der Waals surface area contributed by atoms with Crippen LogP contribution in [0.25, 0.3) is 10.8 Å². The number of anilines is 1. The molecule has 0 aliphatic heterocycles. The summed E-state index contributed by atoms with van der Waals surface area (Å²) in [5.74, 6) is -1.26. The first-order chi connectivity index (χ1) is 10.1. The lowest BCUT2D eigenvalue weighted by atomic mass is 10.1. The van der Waals surface area contributed by atoms with Crippen LogP contribution in [0.1, 0.15) is 5.56 Å². The van der Waals surface area contributed by atoms with Gasteiger partial charge < -0.3 is 5.32 Å². The van der Waals surface area contributed by atoms with Gasteiger partial charge in [-0.15, -0.1) is 0 Å². The molecule has 0 aliphatic rings. The maximum absolute atomic E-state index is 13.8. The molecule has 0 bridgehead atoms. The van der Waals surface area contributed by atoms with Crippen molar-refractivity contribution in [2.45, 2.75) is 6.54 Å². The number of hydrogen-bond acceptors (Lipinski definition) is 2. The fourth-order valence-corrected chi connectivity index (χ4v) is 2.62. The topological polar surface area (TPSA) is 24.9 Å². The van der Waals surface area contributed by atoms with Gasteiger partial charge in [-0.3, -0.25) is 4.98 Å². The molecule has 2 aromatic carbocycles. The molecule has 0 spiro atoms. The number of rotatable bonds is 3. The number of aromatic nitrogens is 1. The Balaban J connectivity index is 1.91. The van der Waals surface area contributed by atoms with Gasteiger partial charge in [0.1, 0.15) is 17.3 Å². The van der Waals surface area contributed by atoms with Crippen molar-refractivity contribution < 1.29 is 8.78 Å². The Hall–Kier alpha value is -2.01. The van der Waals surface area contributed by atoms with Gasteiger partial charge in [-0.05, 0) is 23.1 Å². The van der Waals surface area contributed by atoms with Crippen LogP contribution in [0.5, 0.6) is 0 Å². The predicted molar refractivity (Wildman–Crippen MR) is 83.1 cm³/mol. The van der Waals surface area contributed by atoms with E-state index in [1.165, 1.54) is 12.1 Å². The Morgan fingerprint density at radius 3 is 2.52 bits per heavy atom. The summed E-state index contributed by atoms with van der Waals surface area (Å²) in [6.07, 6.45) is 3.46. The van der Waals surface area contributed by atoms with E-state index in [-0.39, 0.29) is 5.69 Å². The average Bonchev–Trinajstić information content (AvgIpc) is 2.46. The van der Waals surface area contributed by atoms with Crippen molar-refractivity contribution in [3.8, 4) is 0 Å². The maximum atomic E-state index is 13.8. The van der Waals surface area contributed by atoms with Crippen molar-refractivity contribution in [2.24, 2.45) is 0 Å². The Morgan fingerprint density at radius 2 is 1.76 bits per heavy atom. The van der Waals surface area contributed by atoms with E-state index in [9.17, 15) is 8.78 Å². The van der Waals surface area contributed by atoms with Gasteiger partial charge in [0.25, 0.3) is 0 Å². The van der Waals surface area contributed by atoms with Crippen molar-refractivity contribution in [1.82, 2.24) is 4.98 Å². The summed E-state index contributed by atoms with van der Waals surface area (Å²) in [7, 11) is 0. The summed E-state index contributed by atoms with van der Waals surface area (Å²) < 4.78 is 27.9. The van der Waals surface area contributed by atoms with E-state index in [0.29, 0.717) is 11.0 Å². The monoisotopic (exact) mass is 348 g/mol. The lowest BCUT2D eigenvalue weighted by molar-refractivity contribution is 0.586. The smallest absolute Gasteiger partial charge is 0.150 e. The van der Waals surface area contributed by atoms with Crippen molar-refractivity contribution in [1.29, 1.82) is 0 Å². The van der Waals surface area contributed by atoms with E-state index in [1.807, 2.05) is 24.3 Å². The van der Waals surface area contributed by atoms with Gasteiger partial charge >= 0.3 is 0 Å². The number of benzene rings is 2. The largest absolute Gasteiger partial charge is 0.376 e. The van der Waals surface area contributed by atoms with Crippen LogP contribution in [0.2, 0.25) is 0 Å². The third-order valence-corrected chi connectivity index (χ3v) is 3.67. The number of halogens is 3. The molecule has 1 heterocycles. The van der Waals surface area contributed by atoms with Crippen LogP contribution < -0.4 is 5.32 Å². The average molecular weight is 349 g/mol. The summed E-state index contributed by atoms with van der Waals surface area (Å²) in [5, 5.41) is 4.81. The highest BCUT2D eigenvalue weighted by atomic mass is 79.9. The molecule has 3 aromatic rings. The van der Waals surface area contributed by atoms with E-state index < -0.39 is 11.6 Å². The van der Waals surface area contributed by atoms with Gasteiger partial charge in [0, 0.05) is 28.8 Å². The van der Waals surface area contributed by atoms with Crippen LogP contribution in [0.15, 0.2) is 53.3 Å². The van der Waals surface area contributed by atoms with Crippen LogP contribution in [0.3, 0.4) is 0 Å². The molecule has 106 valence electrons. The molecular weight excluding hydrogens is 338 g/mol. The molecule has 0 aliphatic carbocycles. The fraction of sp³-hybridized carbons (Fsp3) is 0.0625. The first-order valence-corrected chi connectivity index (χ1v) is 7.14. The molecule has 3 rings (SSSR count). The summed E-state index contributed by atoms with van der Waals surface area (Å²) in [6, 6.07) is 10.2. The van der Waals surface area contributed by atoms with Gasteiger partial charge in [0.2, 0.25) is 0 Å². The van der Waals surface area contributed by atoms with Gasteiger partial charge in [-0.25, -0.2) is 8.78 Å². The molecule has 5 heteroatoms.